The van der Waals surface area contributed by atoms with Crippen LogP contribution < -0.4 is 0 Å². The largest absolute Gasteiger partial charge is 0.300 e. The minimum Gasteiger partial charge on any atom is -0.300 e. The molecule has 3 aromatic heterocycles. The Hall–Kier alpha value is -8.69. The number of carbonyl (C=O) groups excluding carboxylic acids is 6. The highest BCUT2D eigenvalue weighted by atomic mass is 16.1. The molecule has 3 heterocycles. The fourth-order valence-corrected chi connectivity index (χ4v) is 25.9. The van der Waals surface area contributed by atoms with E-state index in [1.807, 2.05) is 87.3 Å². The third-order valence-corrected chi connectivity index (χ3v) is 29.9. The van der Waals surface area contributed by atoms with Gasteiger partial charge in [0.2, 0.25) is 0 Å². The van der Waals surface area contributed by atoms with Gasteiger partial charge in [-0.05, 0) is 307 Å². The summed E-state index contributed by atoms with van der Waals surface area (Å²) in [4.78, 5) is 88.7. The van der Waals surface area contributed by atoms with E-state index in [0.717, 1.165) is 113 Å². The topological polar surface area (TPSA) is 141 Å². The van der Waals surface area contributed by atoms with E-state index >= 15 is 0 Å². The first kappa shape index (κ1) is 72.5. The van der Waals surface area contributed by atoms with Crippen molar-refractivity contribution in [3.05, 3.63) is 244 Å². The van der Waals surface area contributed by atoms with Gasteiger partial charge in [0, 0.05) is 92.0 Å². The van der Waals surface area contributed by atoms with E-state index in [9.17, 15) is 28.8 Å². The highest BCUT2D eigenvalue weighted by Gasteiger charge is 2.63. The molecule has 6 unspecified atom stereocenters. The lowest BCUT2D eigenvalue weighted by Crippen LogP contribution is -2.45. The second-order valence-electron chi connectivity index (χ2n) is 35.4. The predicted octanol–water partition coefficient (Wildman–Crippen LogP) is 21.9. The Morgan fingerprint density at radius 3 is 1.09 bits per heavy atom. The molecule has 6 saturated carbocycles. The van der Waals surface area contributed by atoms with Crippen LogP contribution in [0, 0.1) is 87.3 Å². The quantitative estimate of drug-likeness (QED) is 0.116. The minimum absolute atomic E-state index is 0.0262. The van der Waals surface area contributed by atoms with Gasteiger partial charge in [0.1, 0.15) is 17.3 Å². The summed E-state index contributed by atoms with van der Waals surface area (Å²) in [5, 5.41) is 0. The summed E-state index contributed by atoms with van der Waals surface area (Å²) in [6.07, 6.45) is 37.3. The Morgan fingerprint density at radius 2 is 0.766 bits per heavy atom. The van der Waals surface area contributed by atoms with Crippen LogP contribution in [0.15, 0.2) is 227 Å². The smallest absolute Gasteiger partial charge is 0.156 e. The maximum absolute atomic E-state index is 13.1. The maximum Gasteiger partial charge on any atom is 0.156 e. The van der Waals surface area contributed by atoms with Crippen LogP contribution in [0.3, 0.4) is 0 Å². The third kappa shape index (κ3) is 12.8. The van der Waals surface area contributed by atoms with E-state index in [0.29, 0.717) is 95.8 Å². The molecule has 9 heteroatoms. The van der Waals surface area contributed by atoms with E-state index < -0.39 is 0 Å². The van der Waals surface area contributed by atoms with Gasteiger partial charge in [-0.1, -0.05) is 155 Å². The van der Waals surface area contributed by atoms with Crippen LogP contribution in [-0.4, -0.2) is 49.7 Å². The summed E-state index contributed by atoms with van der Waals surface area (Å²) in [5.74, 6) is 7.41. The molecule has 3 aromatic carbocycles. The third-order valence-electron chi connectivity index (χ3n) is 29.9. The van der Waals surface area contributed by atoms with E-state index in [1.54, 1.807) is 29.8 Å². The van der Waals surface area contributed by atoms with Crippen molar-refractivity contribution in [3.8, 4) is 33.4 Å². The van der Waals surface area contributed by atoms with Gasteiger partial charge in [0.05, 0.1) is 0 Å². The van der Waals surface area contributed by atoms with E-state index in [4.69, 9.17) is 0 Å². The summed E-state index contributed by atoms with van der Waals surface area (Å²) >= 11 is 0. The zero-order valence-corrected chi connectivity index (χ0v) is 64.3. The highest BCUT2D eigenvalue weighted by Crippen LogP contribution is 2.71. The van der Waals surface area contributed by atoms with Crippen molar-refractivity contribution in [2.24, 2.45) is 87.3 Å². The first-order valence-electron chi connectivity index (χ1n) is 40.7. The lowest BCUT2D eigenvalue weighted by atomic mass is 9.51. The van der Waals surface area contributed by atoms with E-state index in [-0.39, 0.29) is 63.2 Å². The predicted molar refractivity (Wildman–Crippen MR) is 425 cm³/mol. The van der Waals surface area contributed by atoms with Crippen LogP contribution in [0.5, 0.6) is 0 Å². The van der Waals surface area contributed by atoms with Crippen molar-refractivity contribution in [2.45, 2.75) is 195 Å². The molecule has 0 bridgehead atoms. The van der Waals surface area contributed by atoms with Crippen LogP contribution in [0.2, 0.25) is 0 Å². The molecule has 18 atom stereocenters. The maximum atomic E-state index is 13.1. The van der Waals surface area contributed by atoms with Crippen LogP contribution in [0.4, 0.5) is 0 Å². The number of ketones is 6. The number of nitrogens with zero attached hydrogens (tertiary/aromatic N) is 3. The number of allylic oxidation sites excluding steroid dienone is 13. The second kappa shape index (κ2) is 29.0. The van der Waals surface area contributed by atoms with Gasteiger partial charge in [0.15, 0.2) is 17.3 Å². The van der Waals surface area contributed by atoms with E-state index in [2.05, 4.69) is 147 Å². The summed E-state index contributed by atoms with van der Waals surface area (Å²) in [6, 6.07) is 39.4. The van der Waals surface area contributed by atoms with Gasteiger partial charge >= 0.3 is 0 Å². The molecule has 0 spiro atoms. The number of hydrogen-bond acceptors (Lipinski definition) is 9. The summed E-state index contributed by atoms with van der Waals surface area (Å²) in [6.45, 7) is 21.4. The normalized spacial score (nSPS) is 33.6. The summed E-state index contributed by atoms with van der Waals surface area (Å²) < 4.78 is 0. The molecule has 12 aliphatic rings. The average molecular weight is 1420 g/mol. The first-order chi connectivity index (χ1) is 51.7. The van der Waals surface area contributed by atoms with Gasteiger partial charge < -0.3 is 0 Å². The van der Waals surface area contributed by atoms with Gasteiger partial charge in [-0.25, -0.2) is 0 Å². The molecule has 0 saturated heterocycles. The number of hydrogen-bond donors (Lipinski definition) is 0. The van der Waals surface area contributed by atoms with Crippen LogP contribution in [0.1, 0.15) is 212 Å². The number of pyridine rings is 3. The number of aromatic nitrogens is 3. The number of Topliss-reactive ketones (excluding diaryl/α,β-unsaturated/α-hetero) is 3. The number of fused-ring (bicyclic) bond motifs is 12. The molecule has 9 nitrogen and oxygen atoms in total. The van der Waals surface area contributed by atoms with Crippen molar-refractivity contribution in [3.63, 3.8) is 0 Å². The molecule has 0 amide bonds. The highest BCUT2D eigenvalue weighted by molar-refractivity contribution is 5.94. The summed E-state index contributed by atoms with van der Waals surface area (Å²) in [5.41, 5.74) is 24.0. The van der Waals surface area contributed by atoms with Crippen molar-refractivity contribution in [1.82, 2.24) is 15.0 Å². The Morgan fingerprint density at radius 1 is 0.430 bits per heavy atom. The summed E-state index contributed by atoms with van der Waals surface area (Å²) in [7, 11) is 0. The van der Waals surface area contributed by atoms with E-state index in [1.165, 1.54) is 73.2 Å². The number of carbonyl (C=O) groups is 6. The Balaban J connectivity index is 0.000000123. The van der Waals surface area contributed by atoms with Crippen LogP contribution >= 0.6 is 0 Å². The molecule has 550 valence electrons. The monoisotopic (exact) mass is 1420 g/mol. The van der Waals surface area contributed by atoms with Gasteiger partial charge in [0.25, 0.3) is 0 Å². The number of benzene rings is 3. The van der Waals surface area contributed by atoms with Crippen LogP contribution in [0.25, 0.3) is 33.4 Å². The second-order valence-corrected chi connectivity index (χ2v) is 35.4. The van der Waals surface area contributed by atoms with Crippen molar-refractivity contribution in [1.29, 1.82) is 0 Å². The molecular weight excluding hydrogens is 1320 g/mol. The molecule has 6 fully saturated rings. The van der Waals surface area contributed by atoms with Crippen molar-refractivity contribution < 1.29 is 28.8 Å². The number of rotatable bonds is 11. The molecular formula is C98H107N3O6. The molecule has 18 rings (SSSR count). The van der Waals surface area contributed by atoms with Gasteiger partial charge in [-0.15, -0.1) is 6.58 Å². The first-order valence-corrected chi connectivity index (χ1v) is 40.7. The minimum atomic E-state index is -0.0438. The fourth-order valence-electron chi connectivity index (χ4n) is 25.9. The lowest BCUT2D eigenvalue weighted by Gasteiger charge is -2.52. The average Bonchev–Trinajstić information content (AvgIpc) is 1.61. The Kier molecular flexibility index (Phi) is 19.7. The van der Waals surface area contributed by atoms with Crippen LogP contribution in [-0.2, 0) is 28.8 Å². The molecule has 107 heavy (non-hydrogen) atoms. The lowest BCUT2D eigenvalue weighted by molar-refractivity contribution is -0.127. The van der Waals surface area contributed by atoms with Crippen molar-refractivity contribution >= 4 is 34.7 Å². The Bertz CT molecular complexity index is 4730. The molecule has 12 aliphatic carbocycles. The molecule has 0 N–H and O–H groups in total. The zero-order valence-electron chi connectivity index (χ0n) is 64.3. The SMILES string of the molecule is C=C[C@@H]1CC2C3CCC4=CC(=O)CCC4=C3[C@@H](c3ccc(-c4cccnc4)cc3)C[C@]2(C)[C@H]1C(C)=O.CC(=O)[C@H]1[C@H](C)CC2C3CCC4=CC(=O)CCC4=C3[C@@H](c3ccc(-c4cccnc4)cc3)C[C@@]21C.CC[C@@H]1CC2C3CCC4=CC(=O)CCC4=C3[C@@H](c3ccc(-c4cccnc4)cc3)C[C@]2(C)[C@H]1C(C)=O. The molecule has 0 aliphatic heterocycles. The standard InChI is InChI=1S/C33H37NO2.C33H35NO2.C32H35NO2/c2*1-4-21-17-30-28-13-11-24-16-26(36)12-14-27(24)31(28)29(18-33(30,3)32(21)20(2)35)23-9-7-22(8-10-23)25-6-5-15-34-19-25;1-19-15-29-27-12-10-23-16-25(35)11-13-26(23)30(27)28(17-32(29,3)31(19)20(2)34)22-8-6-21(7-9-22)24-5-4-14-33-18-24/h5-10,15-16,19,21,28-30,32H,4,11-14,17-18H2,1-3H3;4-10,15-16,19,21,28-30,32H,1,11-14,17-18H2,2-3H3;4-9,14,16,18-19,27-29,31H,10-13,15,17H2,1-3H3/t2*21-,28?,29-,30?,32+,33+;19-,27?,28-,29?,31-,32+/m111/s1. The van der Waals surface area contributed by atoms with Gasteiger partial charge in [-0.2, -0.15) is 0 Å². The Labute approximate surface area is 634 Å². The zero-order chi connectivity index (χ0) is 74.4. The fraction of sp³-hybridized carbons (Fsp3) is 0.459. The van der Waals surface area contributed by atoms with Gasteiger partial charge in [-0.3, -0.25) is 43.7 Å². The molecule has 0 radical (unpaired) electrons. The molecule has 6 aromatic rings. The van der Waals surface area contributed by atoms with Crippen molar-refractivity contribution in [2.75, 3.05) is 0 Å².